The van der Waals surface area contributed by atoms with Crippen LogP contribution in [0.2, 0.25) is 0 Å². The van der Waals surface area contributed by atoms with E-state index in [9.17, 15) is 0 Å². The van der Waals surface area contributed by atoms with Gasteiger partial charge in [0, 0.05) is 13.1 Å². The Morgan fingerprint density at radius 1 is 1.19 bits per heavy atom. The highest BCUT2D eigenvalue weighted by molar-refractivity contribution is 5.41. The van der Waals surface area contributed by atoms with E-state index >= 15 is 0 Å². The van der Waals surface area contributed by atoms with Crippen LogP contribution in [0.5, 0.6) is 0 Å². The van der Waals surface area contributed by atoms with Gasteiger partial charge in [-0.2, -0.15) is 0 Å². The number of aromatic nitrogens is 2. The second-order valence-electron chi connectivity index (χ2n) is 4.38. The minimum atomic E-state index is 0.860. The van der Waals surface area contributed by atoms with Crippen LogP contribution < -0.4 is 10.6 Å². The lowest BCUT2D eigenvalue weighted by Gasteiger charge is -2.07. The predicted octanol–water partition coefficient (Wildman–Crippen LogP) is 2.51. The molecule has 1 aromatic heterocycles. The van der Waals surface area contributed by atoms with Crippen molar-refractivity contribution in [3.05, 3.63) is 12.4 Å². The zero-order valence-corrected chi connectivity index (χ0v) is 9.87. The Hall–Kier alpha value is -1.32. The van der Waals surface area contributed by atoms with Gasteiger partial charge in [0.2, 0.25) is 0 Å². The molecule has 0 amide bonds. The molecule has 0 aliphatic heterocycles. The summed E-state index contributed by atoms with van der Waals surface area (Å²) in [5, 5.41) is 6.55. The maximum Gasteiger partial charge on any atom is 0.146 e. The summed E-state index contributed by atoms with van der Waals surface area (Å²) in [4.78, 5) is 8.61. The predicted molar refractivity (Wildman–Crippen MR) is 66.6 cm³/mol. The molecule has 0 spiro atoms. The Balaban J connectivity index is 1.77. The molecule has 1 aromatic rings. The minimum absolute atomic E-state index is 0.860. The highest BCUT2D eigenvalue weighted by atomic mass is 15.1. The lowest BCUT2D eigenvalue weighted by atomic mass is 10.3. The SMILES string of the molecule is CCCNc1cncc(NCCC2CC2)n1. The summed E-state index contributed by atoms with van der Waals surface area (Å²) in [7, 11) is 0. The highest BCUT2D eigenvalue weighted by Gasteiger charge is 2.20. The van der Waals surface area contributed by atoms with Gasteiger partial charge in [-0.15, -0.1) is 0 Å². The molecular formula is C12H20N4. The average Bonchev–Trinajstić information content (AvgIpc) is 3.11. The molecule has 4 heteroatoms. The molecule has 4 nitrogen and oxygen atoms in total. The molecule has 0 radical (unpaired) electrons. The smallest absolute Gasteiger partial charge is 0.146 e. The molecule has 1 aliphatic rings. The van der Waals surface area contributed by atoms with Crippen molar-refractivity contribution in [1.29, 1.82) is 0 Å². The molecule has 1 aliphatic carbocycles. The Bertz CT molecular complexity index is 323. The Kier molecular flexibility index (Phi) is 3.97. The van der Waals surface area contributed by atoms with Crippen molar-refractivity contribution in [3.8, 4) is 0 Å². The van der Waals surface area contributed by atoms with Crippen LogP contribution in [0.15, 0.2) is 12.4 Å². The third-order valence-corrected chi connectivity index (χ3v) is 2.75. The molecule has 0 unspecified atom stereocenters. The number of anilines is 2. The maximum atomic E-state index is 4.44. The van der Waals surface area contributed by atoms with Gasteiger partial charge in [0.25, 0.3) is 0 Å². The fourth-order valence-electron chi connectivity index (χ4n) is 1.60. The van der Waals surface area contributed by atoms with Crippen LogP contribution in [0.3, 0.4) is 0 Å². The zero-order chi connectivity index (χ0) is 11.2. The molecule has 2 rings (SSSR count). The third-order valence-electron chi connectivity index (χ3n) is 2.75. The Morgan fingerprint density at radius 2 is 1.88 bits per heavy atom. The van der Waals surface area contributed by atoms with Gasteiger partial charge < -0.3 is 10.6 Å². The van der Waals surface area contributed by atoms with Crippen molar-refractivity contribution in [1.82, 2.24) is 9.97 Å². The molecule has 16 heavy (non-hydrogen) atoms. The minimum Gasteiger partial charge on any atom is -0.369 e. The first kappa shape index (κ1) is 11.2. The summed E-state index contributed by atoms with van der Waals surface area (Å²) in [6.07, 6.45) is 8.72. The van der Waals surface area contributed by atoms with Gasteiger partial charge in [0.15, 0.2) is 0 Å². The van der Waals surface area contributed by atoms with Crippen molar-refractivity contribution < 1.29 is 0 Å². The van der Waals surface area contributed by atoms with E-state index in [1.807, 2.05) is 0 Å². The van der Waals surface area contributed by atoms with Crippen LogP contribution in [0.4, 0.5) is 11.6 Å². The van der Waals surface area contributed by atoms with Crippen molar-refractivity contribution in [3.63, 3.8) is 0 Å². The van der Waals surface area contributed by atoms with Crippen LogP contribution in [-0.4, -0.2) is 23.1 Å². The van der Waals surface area contributed by atoms with E-state index in [1.54, 1.807) is 12.4 Å². The average molecular weight is 220 g/mol. The quantitative estimate of drug-likeness (QED) is 0.741. The summed E-state index contributed by atoms with van der Waals surface area (Å²) in [5.41, 5.74) is 0. The summed E-state index contributed by atoms with van der Waals surface area (Å²) in [6, 6.07) is 0. The fourth-order valence-corrected chi connectivity index (χ4v) is 1.60. The van der Waals surface area contributed by atoms with Crippen LogP contribution >= 0.6 is 0 Å². The van der Waals surface area contributed by atoms with E-state index in [4.69, 9.17) is 0 Å². The number of nitrogens with one attached hydrogen (secondary N) is 2. The Morgan fingerprint density at radius 3 is 2.50 bits per heavy atom. The van der Waals surface area contributed by atoms with Crippen molar-refractivity contribution in [2.45, 2.75) is 32.6 Å². The summed E-state index contributed by atoms with van der Waals surface area (Å²) < 4.78 is 0. The van der Waals surface area contributed by atoms with Crippen LogP contribution in [0.25, 0.3) is 0 Å². The van der Waals surface area contributed by atoms with Gasteiger partial charge in [0.05, 0.1) is 12.4 Å². The van der Waals surface area contributed by atoms with Gasteiger partial charge in [-0.3, -0.25) is 4.98 Å². The van der Waals surface area contributed by atoms with Crippen LogP contribution in [0.1, 0.15) is 32.6 Å². The van der Waals surface area contributed by atoms with Crippen molar-refractivity contribution >= 4 is 11.6 Å². The van der Waals surface area contributed by atoms with Gasteiger partial charge in [-0.25, -0.2) is 4.98 Å². The summed E-state index contributed by atoms with van der Waals surface area (Å²) >= 11 is 0. The summed E-state index contributed by atoms with van der Waals surface area (Å²) in [5.74, 6) is 2.70. The Labute approximate surface area is 96.9 Å². The molecule has 1 heterocycles. The first-order valence-corrected chi connectivity index (χ1v) is 6.18. The summed E-state index contributed by atoms with van der Waals surface area (Å²) in [6.45, 7) is 4.09. The standard InChI is InChI=1S/C12H20N4/c1-2-6-14-11-8-13-9-12(16-11)15-7-5-10-3-4-10/h8-10H,2-7H2,1H3,(H2,14,15,16). The lowest BCUT2D eigenvalue weighted by Crippen LogP contribution is -2.07. The highest BCUT2D eigenvalue weighted by Crippen LogP contribution is 2.31. The van der Waals surface area contributed by atoms with E-state index in [0.717, 1.165) is 37.1 Å². The second-order valence-corrected chi connectivity index (χ2v) is 4.38. The third kappa shape index (κ3) is 3.68. The second kappa shape index (κ2) is 5.68. The number of hydrogen-bond donors (Lipinski definition) is 2. The normalized spacial score (nSPS) is 14.8. The largest absolute Gasteiger partial charge is 0.369 e. The van der Waals surface area contributed by atoms with Gasteiger partial charge in [0.1, 0.15) is 11.6 Å². The van der Waals surface area contributed by atoms with Gasteiger partial charge in [-0.05, 0) is 18.8 Å². The monoisotopic (exact) mass is 220 g/mol. The molecule has 1 saturated carbocycles. The van der Waals surface area contributed by atoms with E-state index in [2.05, 4.69) is 27.5 Å². The molecular weight excluding hydrogens is 200 g/mol. The molecule has 1 fully saturated rings. The van der Waals surface area contributed by atoms with Crippen LogP contribution in [-0.2, 0) is 0 Å². The lowest BCUT2D eigenvalue weighted by molar-refractivity contribution is 0.758. The van der Waals surface area contributed by atoms with Gasteiger partial charge in [-0.1, -0.05) is 19.8 Å². The zero-order valence-electron chi connectivity index (χ0n) is 9.87. The number of nitrogens with zero attached hydrogens (tertiary/aromatic N) is 2. The van der Waals surface area contributed by atoms with E-state index in [-0.39, 0.29) is 0 Å². The van der Waals surface area contributed by atoms with E-state index in [1.165, 1.54) is 19.3 Å². The van der Waals surface area contributed by atoms with Crippen molar-refractivity contribution in [2.24, 2.45) is 5.92 Å². The van der Waals surface area contributed by atoms with Crippen molar-refractivity contribution in [2.75, 3.05) is 23.7 Å². The maximum absolute atomic E-state index is 4.44. The molecule has 0 atom stereocenters. The van der Waals surface area contributed by atoms with Crippen LogP contribution in [0, 0.1) is 5.92 Å². The molecule has 0 bridgehead atoms. The van der Waals surface area contributed by atoms with Gasteiger partial charge >= 0.3 is 0 Å². The topological polar surface area (TPSA) is 49.8 Å². The molecule has 88 valence electrons. The van der Waals surface area contributed by atoms with E-state index < -0.39 is 0 Å². The first-order chi connectivity index (χ1) is 7.88. The molecule has 2 N–H and O–H groups in total. The molecule has 0 aromatic carbocycles. The first-order valence-electron chi connectivity index (χ1n) is 6.18. The number of rotatable bonds is 7. The number of hydrogen-bond acceptors (Lipinski definition) is 4. The molecule has 0 saturated heterocycles. The fraction of sp³-hybridized carbons (Fsp3) is 0.667. The van der Waals surface area contributed by atoms with E-state index in [0.29, 0.717) is 0 Å².